The predicted molar refractivity (Wildman–Crippen MR) is 677 cm³/mol. The van der Waals surface area contributed by atoms with Gasteiger partial charge in [0.15, 0.2) is 28.2 Å². The highest BCUT2D eigenvalue weighted by Gasteiger charge is 2.90. The Balaban J connectivity index is 0.000000212. The van der Waals surface area contributed by atoms with Gasteiger partial charge in [-0.3, -0.25) is 14.4 Å². The smallest absolute Gasteiger partial charge is 0.189 e. The zero-order valence-electron chi connectivity index (χ0n) is 79.4. The molecule has 0 bridgehead atoms. The van der Waals surface area contributed by atoms with Crippen molar-refractivity contribution in [1.82, 2.24) is 0 Å². The van der Waals surface area contributed by atoms with Crippen LogP contribution in [0.1, 0.15) is 142 Å². The van der Waals surface area contributed by atoms with E-state index in [1.807, 2.05) is 92.7 Å². The standard InChI is InChI=1S/C46H56O4Si.C45H54O5Si.H2O3.S18.S17/c1-31(2)46-39-27-34(30-49-45(35-20-14-11-15-21-35,36-22-16-12-17-23-36)37-24-18-13-19-25-37)29-43(50-51(8,9)10)38(26-32(3)40(43)47)44(39,48)33(4)28-42(46,7)41(46,5)6;1-30-25-37-42(39(30)47,50-51(7,8)9)28-33(26-38-43(37,48)31(2)27-41(6)40(4,5)45(38,41)32(3)46)29-49-44(34-19-13-10-14-20-34,35-21-15-11-16-22-35)36-23-17-12-18-24-36;1-3-2;1-3-5-7-9-11-13-15-17-18-16-14-12-10-8-6-4-2;1-3-5-7-9-11-13-15-17-16-14-12-10-8-6-4-2/h11-27,33,38-39,48H,1,28-30H2,2-10H3;10-26,31,37-38,48H,27-29H2,1-9H3;1-2H;;/t33-,38-,39-,42?,43-,44+,46?;31-,37-,38-,41?,42-,43+,45?;;;/m11.../s1. The summed E-state index contributed by atoms with van der Waals surface area (Å²) in [6.07, 6.45) is 10.7. The number of carbonyl (C=O) groups excluding carboxylic acids is 3. The molecule has 4 saturated carbocycles. The molecule has 0 saturated heterocycles. The van der Waals surface area contributed by atoms with Gasteiger partial charge in [-0.2, -0.15) is 0 Å². The summed E-state index contributed by atoms with van der Waals surface area (Å²) in [4.78, 5) is 43.7. The summed E-state index contributed by atoms with van der Waals surface area (Å²) >= 11 is 19.0. The predicted octanol–water partition coefficient (Wildman–Crippen LogP) is 19.0. The van der Waals surface area contributed by atoms with Crippen molar-refractivity contribution in [1.29, 1.82) is 0 Å². The van der Waals surface area contributed by atoms with Gasteiger partial charge in [0.2, 0.25) is 0 Å². The number of hydrogen-bond acceptors (Lipinski definition) is 16. The second-order valence-corrected chi connectivity index (χ2v) is 101. The largest absolute Gasteiger partial charge is 0.404 e. The van der Waals surface area contributed by atoms with Gasteiger partial charge in [-0.05, 0) is 169 Å². The lowest BCUT2D eigenvalue weighted by Crippen LogP contribution is -2.64. The van der Waals surface area contributed by atoms with Crippen LogP contribution < -0.4 is 0 Å². The molecule has 4 unspecified atom stereocenters. The number of benzene rings is 6. The van der Waals surface area contributed by atoms with Crippen LogP contribution in [0.2, 0.25) is 39.3 Å². The summed E-state index contributed by atoms with van der Waals surface area (Å²) in [5, 5.41) is 42.7. The van der Waals surface area contributed by atoms with Gasteiger partial charge < -0.3 is 28.5 Å². The lowest BCUT2D eigenvalue weighted by Gasteiger charge is -2.55. The van der Waals surface area contributed by atoms with E-state index in [4.69, 9.17) is 73.6 Å². The minimum absolute atomic E-state index is 0.00434. The Morgan fingerprint density at radius 1 is 0.379 bits per heavy atom. The van der Waals surface area contributed by atoms with Crippen LogP contribution in [-0.4, -0.2) is 90.3 Å². The third kappa shape index (κ3) is 26.4. The number of hydrogen-bond donors (Lipinski definition) is 4. The Morgan fingerprint density at radius 2 is 0.593 bits per heavy atom. The van der Waals surface area contributed by atoms with Gasteiger partial charge in [-0.15, -0.1) is 0 Å². The molecule has 766 valence electrons. The second kappa shape index (κ2) is 55.2. The van der Waals surface area contributed by atoms with Crippen molar-refractivity contribution in [2.24, 2.45) is 68.0 Å². The van der Waals surface area contributed by atoms with E-state index >= 15 is 0 Å². The Hall–Kier alpha value is 0.804. The SMILES string of the molecule is C=C(C)C12[C@@H]3C=C(COC(c4ccccc4)(c4ccccc4)c4ccccc4)C[C@]4(O[Si](C)(C)C)C(=O)C(C)=C[C@H]4[C@@]3(O)[C@H](C)CC1(C)C2(C)C.CC(=O)C12[C@@H]3C=C(COC(c4ccccc4)(c4ccccc4)c4ccccc4)C[C@]4(O[Si](C)(C)C)C(=O)C(C)=C[C@H]4[C@@]3(O)[C@H](C)CC1(C)C2(C)C.OOO.S=S=S=S=S=S=S=S=S=S=S=S=S=S=S=S=S.S=S=S=S=S=S=S=S=S=S=S=S=S=S=S=S=S=S. The highest BCUT2D eigenvalue weighted by molar-refractivity contribution is 8.79. The summed E-state index contributed by atoms with van der Waals surface area (Å²) in [6.45, 7) is 43.5. The topological polar surface area (TPSA) is 178 Å². The molecule has 0 aromatic heterocycles. The molecule has 0 amide bonds. The van der Waals surface area contributed by atoms with Crippen LogP contribution in [0, 0.1) is 68.0 Å². The van der Waals surface area contributed by atoms with E-state index in [0.29, 0.717) is 24.0 Å². The number of carbonyl (C=O) groups is 3. The molecule has 4 N–H and O–H groups in total. The molecule has 8 aliphatic rings. The summed E-state index contributed by atoms with van der Waals surface area (Å²) in [5.41, 5.74) is 1.12. The maximum Gasteiger partial charge on any atom is 0.189 e. The molecule has 6 aromatic carbocycles. The van der Waals surface area contributed by atoms with Gasteiger partial charge in [0.05, 0.1) is 24.4 Å². The van der Waals surface area contributed by atoms with Gasteiger partial charge in [-0.1, -0.05) is 279 Å². The fourth-order valence-electron chi connectivity index (χ4n) is 23.8. The van der Waals surface area contributed by atoms with Gasteiger partial charge in [0.25, 0.3) is 0 Å². The first kappa shape index (κ1) is 123. The number of ether oxygens (including phenoxy) is 2. The van der Waals surface area contributed by atoms with Crippen molar-refractivity contribution < 1.29 is 58.5 Å². The first-order valence-corrected chi connectivity index (χ1v) is 94.0. The maximum absolute atomic E-state index is 14.8. The number of allylic oxidation sites excluding steroid dienone is 1. The number of Topliss-reactive ketones (excluding diaryl/α,β-unsaturated/α-hetero) is 3. The number of ketones is 3. The Kier molecular flexibility index (Phi) is 48.4. The molecule has 49 heteroatoms. The number of fused-ring (bicyclic) bond motifs is 10. The molecule has 140 heavy (non-hydrogen) atoms. The fourth-order valence-corrected chi connectivity index (χ4v) is 101. The lowest BCUT2D eigenvalue weighted by molar-refractivity contribution is -0.465. The maximum atomic E-state index is 14.8. The third-order valence-electron chi connectivity index (χ3n) is 28.4. The van der Waals surface area contributed by atoms with E-state index in [1.54, 1.807) is 247 Å². The van der Waals surface area contributed by atoms with Gasteiger partial charge >= 0.3 is 0 Å². The molecule has 14 atom stereocenters. The first-order chi connectivity index (χ1) is 66.6. The Labute approximate surface area is 935 Å². The van der Waals surface area contributed by atoms with Crippen LogP contribution >= 0.6 is 0 Å². The fraction of sp³-hybridized carbons (Fsp3) is 0.462. The van der Waals surface area contributed by atoms with E-state index in [1.165, 1.54) is 35.5 Å². The molecule has 6 aromatic rings. The van der Waals surface area contributed by atoms with Crippen LogP contribution in [0.4, 0.5) is 0 Å². The van der Waals surface area contributed by atoms with Crippen LogP contribution in [-0.2, 0) is 369 Å². The van der Waals surface area contributed by atoms with E-state index in [0.717, 1.165) is 56.5 Å². The summed E-state index contributed by atoms with van der Waals surface area (Å²) < 4.78 is 29.3. The van der Waals surface area contributed by atoms with Crippen molar-refractivity contribution in [2.45, 2.75) is 182 Å². The monoisotopic (exact) mass is 2570 g/mol. The minimum Gasteiger partial charge on any atom is -0.404 e. The molecule has 4 fully saturated rings. The van der Waals surface area contributed by atoms with Crippen molar-refractivity contribution in [3.8, 4) is 0 Å². The highest BCUT2D eigenvalue weighted by atomic mass is 33.5. The molecule has 12 nitrogen and oxygen atoms in total. The molecular weight excluding hydrogens is 2460 g/mol. The number of aliphatic hydroxyl groups is 2. The normalized spacial score (nSPS) is 26.7. The van der Waals surface area contributed by atoms with Crippen molar-refractivity contribution >= 4 is 354 Å². The van der Waals surface area contributed by atoms with Crippen LogP contribution in [0.25, 0.3) is 0 Å². The van der Waals surface area contributed by atoms with E-state index < -0.39 is 73.4 Å². The molecule has 14 rings (SSSR count). The molecular formula is C91H112O12S35Si2. The van der Waals surface area contributed by atoms with Crippen LogP contribution in [0.15, 0.2) is 241 Å². The third-order valence-corrected chi connectivity index (χ3v) is 94.8. The highest BCUT2D eigenvalue weighted by Crippen LogP contribution is 2.91. The quantitative estimate of drug-likeness (QED) is 0.0210. The second-order valence-electron chi connectivity index (χ2n) is 37.7. The number of rotatable bonds is 18. The lowest BCUT2D eigenvalue weighted by atomic mass is 9.53. The molecule has 0 heterocycles. The molecule has 0 radical (unpaired) electrons. The zero-order chi connectivity index (χ0) is 102. The van der Waals surface area contributed by atoms with E-state index in [2.05, 4.69) is 241 Å². The first-order valence-electron chi connectivity index (χ1n) is 43.2. The molecule has 0 spiro atoms. The van der Waals surface area contributed by atoms with E-state index in [9.17, 15) is 24.6 Å². The zero-order valence-corrected chi connectivity index (χ0v) is 110. The van der Waals surface area contributed by atoms with Crippen molar-refractivity contribution in [3.63, 3.8) is 0 Å². The Bertz CT molecular complexity index is 6760. The van der Waals surface area contributed by atoms with Crippen LogP contribution in [0.3, 0.4) is 0 Å². The summed E-state index contributed by atoms with van der Waals surface area (Å²) in [5.74, 6) is -2.21. The van der Waals surface area contributed by atoms with Gasteiger partial charge in [-0.25, -0.2) is 10.5 Å². The average molecular weight is 2580 g/mol. The van der Waals surface area contributed by atoms with Gasteiger partial charge in [0, 0.05) is 367 Å². The van der Waals surface area contributed by atoms with Crippen LogP contribution in [0.5, 0.6) is 0 Å². The van der Waals surface area contributed by atoms with Gasteiger partial charge in [0.1, 0.15) is 28.2 Å². The van der Waals surface area contributed by atoms with E-state index in [-0.39, 0.29) is 81.8 Å². The molecule has 8 aliphatic carbocycles. The summed E-state index contributed by atoms with van der Waals surface area (Å²) in [6, 6.07) is 62.2. The molecule has 0 aliphatic heterocycles. The minimum atomic E-state index is -2.38. The Morgan fingerprint density at radius 3 is 0.807 bits per heavy atom. The summed E-state index contributed by atoms with van der Waals surface area (Å²) in [7, 11) is 47.8. The van der Waals surface area contributed by atoms with Crippen molar-refractivity contribution in [2.75, 3.05) is 13.2 Å². The average Bonchev–Trinajstić information content (AvgIpc) is 1.44. The van der Waals surface area contributed by atoms with Crippen molar-refractivity contribution in [3.05, 3.63) is 274 Å².